The van der Waals surface area contributed by atoms with Crippen LogP contribution in [0.1, 0.15) is 23.2 Å². The largest absolute Gasteiger partial charge is 0.457 e. The maximum Gasteiger partial charge on any atom is 0.254 e. The van der Waals surface area contributed by atoms with Crippen LogP contribution in [0.2, 0.25) is 0 Å². The predicted molar refractivity (Wildman–Crippen MR) is 92.2 cm³/mol. The van der Waals surface area contributed by atoms with E-state index in [0.29, 0.717) is 30.0 Å². The normalized spacial score (nSPS) is 20.1. The minimum atomic E-state index is -1.66. The molecular formula is C19H20N2O4. The minimum Gasteiger partial charge on any atom is -0.457 e. The van der Waals surface area contributed by atoms with E-state index in [-0.39, 0.29) is 18.9 Å². The van der Waals surface area contributed by atoms with Gasteiger partial charge in [-0.3, -0.25) is 9.59 Å². The van der Waals surface area contributed by atoms with Gasteiger partial charge in [0.05, 0.1) is 6.54 Å². The van der Waals surface area contributed by atoms with Crippen LogP contribution < -0.4 is 10.5 Å². The Morgan fingerprint density at radius 3 is 2.52 bits per heavy atom. The lowest BCUT2D eigenvalue weighted by Crippen LogP contribution is -2.57. The smallest absolute Gasteiger partial charge is 0.254 e. The third-order valence-corrected chi connectivity index (χ3v) is 4.28. The van der Waals surface area contributed by atoms with Crippen LogP contribution in [0.3, 0.4) is 0 Å². The molecule has 2 amide bonds. The van der Waals surface area contributed by atoms with Crippen LogP contribution in [0.25, 0.3) is 0 Å². The number of nitrogens with two attached hydrogens (primary N) is 1. The Hall–Kier alpha value is -2.86. The summed E-state index contributed by atoms with van der Waals surface area (Å²) in [5.41, 5.74) is 4.04. The molecule has 1 aliphatic rings. The number of nitrogens with zero attached hydrogens (tertiary/aromatic N) is 1. The number of β-amino-alcohol motifs (C(OH)–C–C–N with tert-alkyl or cyclic N) is 1. The summed E-state index contributed by atoms with van der Waals surface area (Å²) in [5.74, 6) is 0.149. The molecular weight excluding hydrogens is 320 g/mol. The van der Waals surface area contributed by atoms with E-state index in [0.717, 1.165) is 0 Å². The number of carbonyl (C=O) groups excluding carboxylic acids is 2. The van der Waals surface area contributed by atoms with Crippen LogP contribution in [-0.2, 0) is 4.79 Å². The van der Waals surface area contributed by atoms with Crippen molar-refractivity contribution in [2.75, 3.05) is 13.1 Å². The molecule has 0 aliphatic carbocycles. The molecule has 1 heterocycles. The van der Waals surface area contributed by atoms with Gasteiger partial charge in [0.1, 0.15) is 11.5 Å². The average Bonchev–Trinajstić information content (AvgIpc) is 2.62. The highest BCUT2D eigenvalue weighted by Gasteiger charge is 2.40. The van der Waals surface area contributed by atoms with Gasteiger partial charge in [-0.05, 0) is 43.2 Å². The van der Waals surface area contributed by atoms with E-state index >= 15 is 0 Å². The molecule has 1 saturated heterocycles. The zero-order chi connectivity index (χ0) is 17.9. The molecule has 0 spiro atoms. The molecule has 0 saturated carbocycles. The molecule has 2 aromatic carbocycles. The first-order valence-electron chi connectivity index (χ1n) is 8.12. The number of rotatable bonds is 4. The first-order chi connectivity index (χ1) is 12.0. The minimum absolute atomic E-state index is 0.0923. The zero-order valence-electron chi connectivity index (χ0n) is 13.7. The molecule has 25 heavy (non-hydrogen) atoms. The van der Waals surface area contributed by atoms with Gasteiger partial charge in [0.2, 0.25) is 0 Å². The van der Waals surface area contributed by atoms with Gasteiger partial charge in [-0.2, -0.15) is 0 Å². The number of hydrogen-bond donors (Lipinski definition) is 2. The zero-order valence-corrected chi connectivity index (χ0v) is 13.7. The van der Waals surface area contributed by atoms with Crippen LogP contribution in [0, 0.1) is 0 Å². The molecule has 1 unspecified atom stereocenters. The lowest BCUT2D eigenvalue weighted by molar-refractivity contribution is -0.140. The summed E-state index contributed by atoms with van der Waals surface area (Å²) in [6, 6.07) is 16.1. The molecule has 3 rings (SSSR count). The summed E-state index contributed by atoms with van der Waals surface area (Å²) in [6.45, 7) is 0.378. The number of likely N-dealkylation sites (tertiary alicyclic amines) is 1. The van der Waals surface area contributed by atoms with Crippen LogP contribution in [0.4, 0.5) is 0 Å². The molecule has 6 heteroatoms. The standard InChI is InChI=1S/C19H20N2O4/c20-18(23)19(24)10-5-11-21(13-19)17(22)14-6-4-9-16(12-14)25-15-7-2-1-3-8-15/h1-4,6-9,12,24H,5,10-11,13H2,(H2,20,23). The molecule has 3 N–H and O–H groups in total. The van der Waals surface area contributed by atoms with Crippen molar-refractivity contribution in [1.29, 1.82) is 0 Å². The van der Waals surface area contributed by atoms with Gasteiger partial charge in [0, 0.05) is 12.1 Å². The summed E-state index contributed by atoms with van der Waals surface area (Å²) in [7, 11) is 0. The van der Waals surface area contributed by atoms with Gasteiger partial charge >= 0.3 is 0 Å². The number of benzene rings is 2. The van der Waals surface area contributed by atoms with Gasteiger partial charge in [-0.1, -0.05) is 24.3 Å². The molecule has 130 valence electrons. The quantitative estimate of drug-likeness (QED) is 0.889. The van der Waals surface area contributed by atoms with Gasteiger partial charge in [0.15, 0.2) is 5.60 Å². The Bertz CT molecular complexity index is 778. The number of hydrogen-bond acceptors (Lipinski definition) is 4. The summed E-state index contributed by atoms with van der Waals surface area (Å²) in [6.07, 6.45) is 0.786. The fraction of sp³-hybridized carbons (Fsp3) is 0.263. The Morgan fingerprint density at radius 1 is 1.08 bits per heavy atom. The van der Waals surface area contributed by atoms with E-state index in [2.05, 4.69) is 0 Å². The molecule has 1 aliphatic heterocycles. The van der Waals surface area contributed by atoms with E-state index in [1.807, 2.05) is 30.3 Å². The van der Waals surface area contributed by atoms with Crippen LogP contribution in [0.5, 0.6) is 11.5 Å². The van der Waals surface area contributed by atoms with Crippen molar-refractivity contribution in [3.05, 3.63) is 60.2 Å². The maximum atomic E-state index is 12.7. The fourth-order valence-corrected chi connectivity index (χ4v) is 2.91. The molecule has 0 aromatic heterocycles. The highest BCUT2D eigenvalue weighted by atomic mass is 16.5. The summed E-state index contributed by atoms with van der Waals surface area (Å²) in [4.78, 5) is 25.6. The number of aliphatic hydroxyl groups is 1. The van der Waals surface area contributed by atoms with Crippen LogP contribution in [0.15, 0.2) is 54.6 Å². The third-order valence-electron chi connectivity index (χ3n) is 4.28. The highest BCUT2D eigenvalue weighted by Crippen LogP contribution is 2.25. The average molecular weight is 340 g/mol. The molecule has 0 radical (unpaired) electrons. The molecule has 6 nitrogen and oxygen atoms in total. The Labute approximate surface area is 145 Å². The van der Waals surface area contributed by atoms with Gasteiger partial charge in [-0.15, -0.1) is 0 Å². The van der Waals surface area contributed by atoms with Crippen molar-refractivity contribution in [2.45, 2.75) is 18.4 Å². The third kappa shape index (κ3) is 3.80. The Kier molecular flexibility index (Phi) is 4.72. The van der Waals surface area contributed by atoms with E-state index in [1.165, 1.54) is 4.90 Å². The van der Waals surface area contributed by atoms with Crippen molar-refractivity contribution in [1.82, 2.24) is 4.90 Å². The Morgan fingerprint density at radius 2 is 1.80 bits per heavy atom. The molecule has 0 bridgehead atoms. The second-order valence-electron chi connectivity index (χ2n) is 6.17. The number of piperidine rings is 1. The van der Waals surface area contributed by atoms with Crippen molar-refractivity contribution in [2.24, 2.45) is 5.73 Å². The second-order valence-corrected chi connectivity index (χ2v) is 6.17. The molecule has 2 aromatic rings. The molecule has 1 atom stereocenters. The fourth-order valence-electron chi connectivity index (χ4n) is 2.91. The van der Waals surface area contributed by atoms with E-state index in [9.17, 15) is 14.7 Å². The topological polar surface area (TPSA) is 92.9 Å². The summed E-state index contributed by atoms with van der Waals surface area (Å²) < 4.78 is 5.74. The van der Waals surface area contributed by atoms with Gasteiger partial charge in [-0.25, -0.2) is 0 Å². The van der Waals surface area contributed by atoms with E-state index in [1.54, 1.807) is 24.3 Å². The monoisotopic (exact) mass is 340 g/mol. The van der Waals surface area contributed by atoms with E-state index in [4.69, 9.17) is 10.5 Å². The molecule has 1 fully saturated rings. The lowest BCUT2D eigenvalue weighted by Gasteiger charge is -2.37. The van der Waals surface area contributed by atoms with Gasteiger partial charge < -0.3 is 20.5 Å². The summed E-state index contributed by atoms with van der Waals surface area (Å²) >= 11 is 0. The lowest BCUT2D eigenvalue weighted by atomic mass is 9.92. The number of para-hydroxylation sites is 1. The van der Waals surface area contributed by atoms with Crippen LogP contribution >= 0.6 is 0 Å². The van der Waals surface area contributed by atoms with Crippen LogP contribution in [-0.4, -0.2) is 40.5 Å². The van der Waals surface area contributed by atoms with Crippen molar-refractivity contribution in [3.8, 4) is 11.5 Å². The number of primary amides is 1. The van der Waals surface area contributed by atoms with Gasteiger partial charge in [0.25, 0.3) is 11.8 Å². The Balaban J connectivity index is 1.76. The van der Waals surface area contributed by atoms with E-state index < -0.39 is 11.5 Å². The number of carbonyl (C=O) groups is 2. The SMILES string of the molecule is NC(=O)C1(O)CCCN(C(=O)c2cccc(Oc3ccccc3)c2)C1. The van der Waals surface area contributed by atoms with Crippen molar-refractivity contribution in [3.63, 3.8) is 0 Å². The first-order valence-corrected chi connectivity index (χ1v) is 8.12. The maximum absolute atomic E-state index is 12.7. The highest BCUT2D eigenvalue weighted by molar-refractivity contribution is 5.95. The second kappa shape index (κ2) is 6.94. The predicted octanol–water partition coefficient (Wildman–Crippen LogP) is 1.93. The van der Waals surface area contributed by atoms with Crippen molar-refractivity contribution < 1.29 is 19.4 Å². The van der Waals surface area contributed by atoms with Crippen molar-refractivity contribution >= 4 is 11.8 Å². The number of ether oxygens (including phenoxy) is 1. The summed E-state index contributed by atoms with van der Waals surface area (Å²) in [5, 5.41) is 10.3. The number of amides is 2. The first kappa shape index (κ1) is 17.0.